The molecular formula is C36H38N2O4S. The molecule has 0 aliphatic heterocycles. The number of nitrogens with zero attached hydrogens (tertiary/aromatic N) is 1. The number of methoxy groups -OCH3 is 1. The quantitative estimate of drug-likeness (QED) is 0.132. The predicted molar refractivity (Wildman–Crippen MR) is 176 cm³/mol. The fraction of sp³-hybridized carbons (Fsp3) is 0.250. The summed E-state index contributed by atoms with van der Waals surface area (Å²) >= 11 is 1.61. The number of anilines is 1. The molecular weight excluding hydrogens is 556 g/mol. The third kappa shape index (κ3) is 8.36. The lowest BCUT2D eigenvalue weighted by Crippen LogP contribution is -2.42. The smallest absolute Gasteiger partial charge is 0.328 e. The monoisotopic (exact) mass is 594 g/mol. The van der Waals surface area contributed by atoms with Crippen molar-refractivity contribution >= 4 is 35.1 Å². The lowest BCUT2D eigenvalue weighted by atomic mass is 9.93. The van der Waals surface area contributed by atoms with Crippen molar-refractivity contribution in [2.24, 2.45) is 0 Å². The van der Waals surface area contributed by atoms with Gasteiger partial charge in [0.05, 0.1) is 7.11 Å². The Morgan fingerprint density at radius 3 is 2.16 bits per heavy atom. The third-order valence-electron chi connectivity index (χ3n) is 7.39. The Labute approximate surface area is 258 Å². The number of Topliss-reactive ketones (excluding diaryl/α,β-unsaturated/α-hetero) is 1. The first-order valence-corrected chi connectivity index (χ1v) is 15.7. The van der Waals surface area contributed by atoms with Crippen molar-refractivity contribution in [2.45, 2.75) is 39.4 Å². The fourth-order valence-corrected chi connectivity index (χ4v) is 5.49. The normalized spacial score (nSPS) is 11.4. The maximum atomic E-state index is 13.7. The summed E-state index contributed by atoms with van der Waals surface area (Å²) in [6.45, 7) is 4.83. The van der Waals surface area contributed by atoms with Gasteiger partial charge in [-0.1, -0.05) is 60.7 Å². The van der Waals surface area contributed by atoms with E-state index in [1.165, 1.54) is 7.11 Å². The van der Waals surface area contributed by atoms with Gasteiger partial charge in [0.15, 0.2) is 5.78 Å². The molecule has 0 aromatic heterocycles. The number of hydrogen-bond acceptors (Lipinski definition) is 6. The molecule has 4 aromatic rings. The predicted octanol–water partition coefficient (Wildman–Crippen LogP) is 7.10. The SMILES string of the molecule is COC(=O)C(CCSC)NC(=O)c1ccc(CN(Cc2ccccc2)c2ccc(C(C)=O)cc2)cc1-c1ccccc1C. The van der Waals surface area contributed by atoms with Crippen LogP contribution in [0, 0.1) is 6.92 Å². The Balaban J connectivity index is 1.72. The summed E-state index contributed by atoms with van der Waals surface area (Å²) in [6.07, 6.45) is 2.44. The molecule has 43 heavy (non-hydrogen) atoms. The molecule has 0 heterocycles. The van der Waals surface area contributed by atoms with E-state index in [0.717, 1.165) is 33.5 Å². The number of nitrogens with one attached hydrogen (secondary N) is 1. The van der Waals surface area contributed by atoms with E-state index in [9.17, 15) is 14.4 Å². The van der Waals surface area contributed by atoms with Gasteiger partial charge in [0, 0.05) is 29.9 Å². The van der Waals surface area contributed by atoms with Crippen LogP contribution in [0.25, 0.3) is 11.1 Å². The van der Waals surface area contributed by atoms with Gasteiger partial charge in [0.25, 0.3) is 5.91 Å². The van der Waals surface area contributed by atoms with E-state index in [4.69, 9.17) is 4.74 Å². The maximum absolute atomic E-state index is 13.7. The molecule has 7 heteroatoms. The van der Waals surface area contributed by atoms with E-state index < -0.39 is 12.0 Å². The summed E-state index contributed by atoms with van der Waals surface area (Å²) in [5.41, 5.74) is 7.13. The molecule has 0 bridgehead atoms. The number of ketones is 1. The van der Waals surface area contributed by atoms with Gasteiger partial charge in [0.2, 0.25) is 0 Å². The Morgan fingerprint density at radius 2 is 1.51 bits per heavy atom. The number of carbonyl (C=O) groups excluding carboxylic acids is 3. The van der Waals surface area contributed by atoms with Crippen molar-refractivity contribution in [1.82, 2.24) is 5.32 Å². The van der Waals surface area contributed by atoms with Gasteiger partial charge in [-0.2, -0.15) is 11.8 Å². The van der Waals surface area contributed by atoms with Gasteiger partial charge in [-0.3, -0.25) is 9.59 Å². The van der Waals surface area contributed by atoms with E-state index in [0.29, 0.717) is 36.4 Å². The van der Waals surface area contributed by atoms with Crippen LogP contribution in [0.1, 0.15) is 50.8 Å². The summed E-state index contributed by atoms with van der Waals surface area (Å²) in [4.78, 5) is 40.3. The molecule has 1 amide bonds. The summed E-state index contributed by atoms with van der Waals surface area (Å²) in [5.74, 6) is -0.0271. The lowest BCUT2D eigenvalue weighted by molar-refractivity contribution is -0.142. The highest BCUT2D eigenvalue weighted by molar-refractivity contribution is 7.98. The second kappa shape index (κ2) is 15.2. The number of ether oxygens (including phenoxy) is 1. The number of amides is 1. The number of hydrogen-bond donors (Lipinski definition) is 1. The van der Waals surface area contributed by atoms with Gasteiger partial charge in [0.1, 0.15) is 6.04 Å². The molecule has 0 fully saturated rings. The van der Waals surface area contributed by atoms with Crippen LogP contribution in [0.3, 0.4) is 0 Å². The van der Waals surface area contributed by atoms with Crippen LogP contribution in [-0.2, 0) is 22.6 Å². The molecule has 4 aromatic carbocycles. The van der Waals surface area contributed by atoms with Crippen molar-refractivity contribution < 1.29 is 19.1 Å². The van der Waals surface area contributed by atoms with E-state index >= 15 is 0 Å². The number of aryl methyl sites for hydroxylation is 1. The van der Waals surface area contributed by atoms with Crippen molar-refractivity contribution in [1.29, 1.82) is 0 Å². The molecule has 4 rings (SSSR count). The van der Waals surface area contributed by atoms with Gasteiger partial charge in [-0.15, -0.1) is 0 Å². The van der Waals surface area contributed by atoms with Crippen molar-refractivity contribution in [3.8, 4) is 11.1 Å². The standard InChI is InChI=1S/C36H38N2O4S/c1-25-10-8-9-13-31(25)33-22-28(14-19-32(33)35(40)37-34(20-21-43-4)36(41)42-3)24-38(23-27-11-6-5-7-12-27)30-17-15-29(16-18-30)26(2)39/h5-19,22,34H,20-21,23-24H2,1-4H3,(H,37,40). The zero-order chi connectivity index (χ0) is 30.8. The first-order chi connectivity index (χ1) is 20.8. The zero-order valence-electron chi connectivity index (χ0n) is 25.1. The summed E-state index contributed by atoms with van der Waals surface area (Å²) in [5, 5.41) is 2.92. The minimum atomic E-state index is -0.728. The summed E-state index contributed by atoms with van der Waals surface area (Å²) in [6, 6.07) is 31.0. The Morgan fingerprint density at radius 1 is 0.837 bits per heavy atom. The molecule has 1 atom stereocenters. The molecule has 0 radical (unpaired) electrons. The second-order valence-electron chi connectivity index (χ2n) is 10.5. The first-order valence-electron chi connectivity index (χ1n) is 14.3. The molecule has 0 spiro atoms. The fourth-order valence-electron chi connectivity index (χ4n) is 5.02. The molecule has 0 saturated carbocycles. The lowest BCUT2D eigenvalue weighted by Gasteiger charge is -2.26. The van der Waals surface area contributed by atoms with Crippen molar-refractivity contribution in [3.05, 3.63) is 125 Å². The van der Waals surface area contributed by atoms with Crippen LogP contribution in [0.5, 0.6) is 0 Å². The zero-order valence-corrected chi connectivity index (χ0v) is 25.9. The Hall–Kier alpha value is -4.36. The summed E-state index contributed by atoms with van der Waals surface area (Å²) in [7, 11) is 1.34. The van der Waals surface area contributed by atoms with Crippen LogP contribution < -0.4 is 10.2 Å². The number of esters is 1. The average molecular weight is 595 g/mol. The Bertz CT molecular complexity index is 1550. The van der Waals surface area contributed by atoms with Gasteiger partial charge in [-0.05, 0) is 96.5 Å². The highest BCUT2D eigenvalue weighted by Gasteiger charge is 2.24. The van der Waals surface area contributed by atoms with Crippen LogP contribution in [-0.4, -0.2) is 42.8 Å². The second-order valence-corrected chi connectivity index (χ2v) is 11.5. The first kappa shape index (κ1) is 31.6. The van der Waals surface area contributed by atoms with Crippen molar-refractivity contribution in [3.63, 3.8) is 0 Å². The highest BCUT2D eigenvalue weighted by atomic mass is 32.2. The van der Waals surface area contributed by atoms with Crippen LogP contribution in [0.2, 0.25) is 0 Å². The average Bonchev–Trinajstić information content (AvgIpc) is 3.03. The van der Waals surface area contributed by atoms with Crippen LogP contribution >= 0.6 is 11.8 Å². The Kier molecular flexibility index (Phi) is 11.2. The van der Waals surface area contributed by atoms with Gasteiger partial charge < -0.3 is 15.0 Å². The van der Waals surface area contributed by atoms with E-state index in [2.05, 4.69) is 28.4 Å². The van der Waals surface area contributed by atoms with Crippen LogP contribution in [0.4, 0.5) is 5.69 Å². The van der Waals surface area contributed by atoms with Gasteiger partial charge >= 0.3 is 5.97 Å². The minimum absolute atomic E-state index is 0.0285. The van der Waals surface area contributed by atoms with Crippen LogP contribution in [0.15, 0.2) is 97.1 Å². The van der Waals surface area contributed by atoms with E-state index in [1.807, 2.05) is 92.0 Å². The van der Waals surface area contributed by atoms with Gasteiger partial charge in [-0.25, -0.2) is 4.79 Å². The van der Waals surface area contributed by atoms with E-state index in [1.54, 1.807) is 18.7 Å². The van der Waals surface area contributed by atoms with E-state index in [-0.39, 0.29) is 11.7 Å². The molecule has 0 aliphatic carbocycles. The number of rotatable bonds is 13. The molecule has 0 saturated heterocycles. The molecule has 1 unspecified atom stereocenters. The largest absolute Gasteiger partial charge is 0.467 e. The molecule has 0 aliphatic rings. The summed E-state index contributed by atoms with van der Waals surface area (Å²) < 4.78 is 4.97. The van der Waals surface area contributed by atoms with Crippen molar-refractivity contribution in [2.75, 3.05) is 24.0 Å². The highest BCUT2D eigenvalue weighted by Crippen LogP contribution is 2.30. The molecule has 222 valence electrons. The maximum Gasteiger partial charge on any atom is 0.328 e. The number of thioether (sulfide) groups is 1. The topological polar surface area (TPSA) is 75.7 Å². The molecule has 1 N–H and O–H groups in total. The third-order valence-corrected chi connectivity index (χ3v) is 8.04. The minimum Gasteiger partial charge on any atom is -0.467 e. The molecule has 6 nitrogen and oxygen atoms in total. The number of benzene rings is 4. The number of carbonyl (C=O) groups is 3.